The van der Waals surface area contributed by atoms with Gasteiger partial charge in [-0.25, -0.2) is 4.79 Å². The van der Waals surface area contributed by atoms with Gasteiger partial charge in [0.25, 0.3) is 0 Å². The van der Waals surface area contributed by atoms with E-state index in [2.05, 4.69) is 4.98 Å². The number of carboxylic acid groups (broad SMARTS) is 1. The van der Waals surface area contributed by atoms with E-state index in [1.54, 1.807) is 19.2 Å². The number of nitrogens with zero attached hydrogens (tertiary/aromatic N) is 2. The topological polar surface area (TPSA) is 53.4 Å². The van der Waals surface area contributed by atoms with Crippen molar-refractivity contribution in [1.29, 1.82) is 0 Å². The van der Waals surface area contributed by atoms with Crippen molar-refractivity contribution in [3.05, 3.63) is 41.7 Å². The predicted octanol–water partition coefficient (Wildman–Crippen LogP) is 1.54. The van der Waals surface area contributed by atoms with Crippen LogP contribution in [0.3, 0.4) is 0 Å². The second-order valence-electron chi connectivity index (χ2n) is 3.75. The number of pyridine rings is 1. The number of carboxylic acids is 1. The lowest BCUT2D eigenvalue weighted by atomic mass is 10.2. The molecular weight excluding hydrogens is 204 g/mol. The lowest BCUT2D eigenvalue weighted by molar-refractivity contribution is -0.132. The summed E-state index contributed by atoms with van der Waals surface area (Å²) in [5.74, 6) is -0.866. The Morgan fingerprint density at radius 2 is 2.38 bits per heavy atom. The molecule has 0 aliphatic carbocycles. The monoisotopic (exact) mass is 220 g/mol. The van der Waals surface area contributed by atoms with Gasteiger partial charge in [-0.05, 0) is 25.6 Å². The van der Waals surface area contributed by atoms with E-state index in [4.69, 9.17) is 5.11 Å². The van der Waals surface area contributed by atoms with Gasteiger partial charge in [-0.1, -0.05) is 12.1 Å². The number of aliphatic carboxylic acids is 1. The van der Waals surface area contributed by atoms with Crippen LogP contribution in [0.1, 0.15) is 12.5 Å². The number of hydrogen-bond donors (Lipinski definition) is 1. The van der Waals surface area contributed by atoms with Gasteiger partial charge in [0, 0.05) is 31.1 Å². The number of carbonyl (C=O) groups is 1. The third-order valence-corrected chi connectivity index (χ3v) is 2.22. The first kappa shape index (κ1) is 12.4. The average molecular weight is 220 g/mol. The summed E-state index contributed by atoms with van der Waals surface area (Å²) in [5, 5.41) is 8.69. The van der Waals surface area contributed by atoms with Crippen LogP contribution in [-0.4, -0.2) is 34.6 Å². The van der Waals surface area contributed by atoms with Gasteiger partial charge in [0.1, 0.15) is 0 Å². The van der Waals surface area contributed by atoms with Crippen molar-refractivity contribution in [1.82, 2.24) is 9.88 Å². The Labute approximate surface area is 95.2 Å². The summed E-state index contributed by atoms with van der Waals surface area (Å²) in [7, 11) is 1.94. The molecule has 1 heterocycles. The van der Waals surface area contributed by atoms with Crippen LogP contribution in [0.15, 0.2) is 36.2 Å². The number of hydrogen-bond acceptors (Lipinski definition) is 3. The molecule has 0 saturated carbocycles. The Kier molecular flexibility index (Phi) is 4.66. The molecule has 16 heavy (non-hydrogen) atoms. The van der Waals surface area contributed by atoms with Crippen LogP contribution in [0, 0.1) is 0 Å². The van der Waals surface area contributed by atoms with Gasteiger partial charge in [0.15, 0.2) is 0 Å². The second-order valence-corrected chi connectivity index (χ2v) is 3.75. The molecule has 0 aromatic carbocycles. The number of likely N-dealkylation sites (N-methyl/N-ethyl adjacent to an activating group) is 1. The predicted molar refractivity (Wildman–Crippen MR) is 62.0 cm³/mol. The van der Waals surface area contributed by atoms with Crippen LogP contribution >= 0.6 is 0 Å². The van der Waals surface area contributed by atoms with Crippen LogP contribution in [-0.2, 0) is 11.3 Å². The maximum atomic E-state index is 10.6. The standard InChI is InChI=1S/C12H16N2O2/c1-10(12(15)16)5-7-14(2)9-11-4-3-6-13-8-11/h3-6,8H,7,9H2,1-2H3,(H,15,16). The maximum absolute atomic E-state index is 10.6. The van der Waals surface area contributed by atoms with E-state index >= 15 is 0 Å². The molecule has 0 bridgehead atoms. The fourth-order valence-electron chi connectivity index (χ4n) is 1.25. The van der Waals surface area contributed by atoms with E-state index in [1.165, 1.54) is 0 Å². The maximum Gasteiger partial charge on any atom is 0.330 e. The fraction of sp³-hybridized carbons (Fsp3) is 0.333. The van der Waals surface area contributed by atoms with Crippen LogP contribution in [0.25, 0.3) is 0 Å². The Bertz CT molecular complexity index is 374. The van der Waals surface area contributed by atoms with Crippen molar-refractivity contribution in [2.45, 2.75) is 13.5 Å². The fourth-order valence-corrected chi connectivity index (χ4v) is 1.25. The Morgan fingerprint density at radius 3 is 2.94 bits per heavy atom. The summed E-state index contributed by atoms with van der Waals surface area (Å²) in [4.78, 5) is 16.6. The van der Waals surface area contributed by atoms with Crippen molar-refractivity contribution in [3.63, 3.8) is 0 Å². The molecule has 0 aliphatic heterocycles. The van der Waals surface area contributed by atoms with Crippen molar-refractivity contribution in [2.24, 2.45) is 0 Å². The molecule has 1 N–H and O–H groups in total. The van der Waals surface area contributed by atoms with Crippen LogP contribution in [0.5, 0.6) is 0 Å². The highest BCUT2D eigenvalue weighted by Gasteiger charge is 2.01. The zero-order valence-corrected chi connectivity index (χ0v) is 9.55. The highest BCUT2D eigenvalue weighted by molar-refractivity contribution is 5.85. The first-order valence-corrected chi connectivity index (χ1v) is 5.07. The first-order chi connectivity index (χ1) is 7.59. The van der Waals surface area contributed by atoms with Gasteiger partial charge in [0.05, 0.1) is 0 Å². The van der Waals surface area contributed by atoms with E-state index in [9.17, 15) is 4.79 Å². The van der Waals surface area contributed by atoms with Crippen LogP contribution in [0.2, 0.25) is 0 Å². The summed E-state index contributed by atoms with van der Waals surface area (Å²) < 4.78 is 0. The first-order valence-electron chi connectivity index (χ1n) is 5.07. The minimum atomic E-state index is -0.866. The van der Waals surface area contributed by atoms with E-state index in [1.807, 2.05) is 30.3 Å². The molecule has 0 atom stereocenters. The quantitative estimate of drug-likeness (QED) is 0.765. The Morgan fingerprint density at radius 1 is 1.62 bits per heavy atom. The van der Waals surface area contributed by atoms with Gasteiger partial charge in [-0.3, -0.25) is 9.88 Å². The molecule has 0 amide bonds. The van der Waals surface area contributed by atoms with Gasteiger partial charge < -0.3 is 5.11 Å². The minimum absolute atomic E-state index is 0.373. The van der Waals surface area contributed by atoms with E-state index in [0.717, 1.165) is 12.1 Å². The molecule has 1 rings (SSSR count). The van der Waals surface area contributed by atoms with Crippen LogP contribution in [0.4, 0.5) is 0 Å². The molecule has 4 nitrogen and oxygen atoms in total. The molecule has 0 fully saturated rings. The molecule has 1 aromatic heterocycles. The summed E-state index contributed by atoms with van der Waals surface area (Å²) in [6.07, 6.45) is 5.25. The second kappa shape index (κ2) is 6.02. The summed E-state index contributed by atoms with van der Waals surface area (Å²) >= 11 is 0. The van der Waals surface area contributed by atoms with Crippen molar-refractivity contribution in [2.75, 3.05) is 13.6 Å². The molecule has 0 radical (unpaired) electrons. The van der Waals surface area contributed by atoms with Gasteiger partial charge in [0.2, 0.25) is 0 Å². The van der Waals surface area contributed by atoms with Gasteiger partial charge in [-0.15, -0.1) is 0 Å². The van der Waals surface area contributed by atoms with E-state index in [0.29, 0.717) is 12.1 Å². The molecule has 1 aromatic rings. The molecule has 4 heteroatoms. The van der Waals surface area contributed by atoms with E-state index in [-0.39, 0.29) is 0 Å². The summed E-state index contributed by atoms with van der Waals surface area (Å²) in [6.45, 7) is 2.98. The molecular formula is C12H16N2O2. The molecule has 0 spiro atoms. The van der Waals surface area contributed by atoms with Gasteiger partial charge >= 0.3 is 5.97 Å². The zero-order chi connectivity index (χ0) is 12.0. The average Bonchev–Trinajstić information content (AvgIpc) is 2.27. The number of rotatable bonds is 5. The molecule has 0 saturated heterocycles. The number of aromatic nitrogens is 1. The van der Waals surface area contributed by atoms with Crippen LogP contribution < -0.4 is 0 Å². The lowest BCUT2D eigenvalue weighted by Crippen LogP contribution is -2.18. The van der Waals surface area contributed by atoms with Gasteiger partial charge in [-0.2, -0.15) is 0 Å². The third kappa shape index (κ3) is 4.23. The molecule has 0 unspecified atom stereocenters. The Hall–Kier alpha value is -1.68. The lowest BCUT2D eigenvalue weighted by Gasteiger charge is -2.14. The summed E-state index contributed by atoms with van der Waals surface area (Å²) in [5.41, 5.74) is 1.49. The van der Waals surface area contributed by atoms with Crippen molar-refractivity contribution < 1.29 is 9.90 Å². The molecule has 0 aliphatic rings. The van der Waals surface area contributed by atoms with E-state index < -0.39 is 5.97 Å². The third-order valence-electron chi connectivity index (χ3n) is 2.22. The SMILES string of the molecule is CC(=CCN(C)Cc1cccnc1)C(=O)O. The minimum Gasteiger partial charge on any atom is -0.478 e. The highest BCUT2D eigenvalue weighted by Crippen LogP contribution is 2.01. The normalized spacial score (nSPS) is 11.8. The smallest absolute Gasteiger partial charge is 0.330 e. The van der Waals surface area contributed by atoms with Crippen molar-refractivity contribution >= 4 is 5.97 Å². The highest BCUT2D eigenvalue weighted by atomic mass is 16.4. The zero-order valence-electron chi connectivity index (χ0n) is 9.55. The van der Waals surface area contributed by atoms with Crippen molar-refractivity contribution in [3.8, 4) is 0 Å². The molecule has 86 valence electrons. The Balaban J connectivity index is 2.46. The summed E-state index contributed by atoms with van der Waals surface area (Å²) in [6, 6.07) is 3.89. The largest absolute Gasteiger partial charge is 0.478 e.